The highest BCUT2D eigenvalue weighted by molar-refractivity contribution is 7.91. The lowest BCUT2D eigenvalue weighted by atomic mass is 10.1. The van der Waals surface area contributed by atoms with Crippen molar-refractivity contribution in [1.82, 2.24) is 4.98 Å². The standard InChI is InChI=1S/C11H13NO3S/c1-8(13)10-6-9-2-4-16(14,15)5-3-11(9)12-7-10/h6-7H,2-5H2,1H3. The minimum Gasteiger partial charge on any atom is -0.294 e. The number of carbonyl (C=O) groups excluding carboxylic acids is 1. The molecular formula is C11H13NO3S. The number of rotatable bonds is 1. The number of sulfone groups is 1. The summed E-state index contributed by atoms with van der Waals surface area (Å²) in [5, 5.41) is 0. The van der Waals surface area contributed by atoms with Gasteiger partial charge in [-0.2, -0.15) is 0 Å². The molecule has 4 nitrogen and oxygen atoms in total. The molecule has 5 heteroatoms. The molecule has 2 rings (SSSR count). The van der Waals surface area contributed by atoms with E-state index in [1.165, 1.54) is 13.1 Å². The van der Waals surface area contributed by atoms with Crippen molar-refractivity contribution < 1.29 is 13.2 Å². The summed E-state index contributed by atoms with van der Waals surface area (Å²) in [6.45, 7) is 1.48. The van der Waals surface area contributed by atoms with Gasteiger partial charge < -0.3 is 0 Å². The predicted molar refractivity (Wildman–Crippen MR) is 60.3 cm³/mol. The van der Waals surface area contributed by atoms with Crippen LogP contribution in [0.2, 0.25) is 0 Å². The number of aromatic nitrogens is 1. The number of pyridine rings is 1. The molecule has 0 spiro atoms. The first-order chi connectivity index (χ1) is 7.48. The molecule has 1 aliphatic heterocycles. The van der Waals surface area contributed by atoms with Crippen molar-refractivity contribution in [2.24, 2.45) is 0 Å². The first-order valence-corrected chi connectivity index (χ1v) is 6.99. The van der Waals surface area contributed by atoms with Crippen molar-refractivity contribution in [3.63, 3.8) is 0 Å². The zero-order valence-corrected chi connectivity index (χ0v) is 9.88. The molecule has 0 saturated carbocycles. The molecule has 0 unspecified atom stereocenters. The fraction of sp³-hybridized carbons (Fsp3) is 0.455. The van der Waals surface area contributed by atoms with Gasteiger partial charge in [0, 0.05) is 23.9 Å². The second kappa shape index (κ2) is 3.97. The number of nitrogens with zero attached hydrogens (tertiary/aromatic N) is 1. The fourth-order valence-electron chi connectivity index (χ4n) is 1.79. The molecule has 0 bridgehead atoms. The van der Waals surface area contributed by atoms with Crippen molar-refractivity contribution in [2.45, 2.75) is 19.8 Å². The molecule has 0 aromatic carbocycles. The van der Waals surface area contributed by atoms with Crippen LogP contribution in [0.4, 0.5) is 0 Å². The van der Waals surface area contributed by atoms with Crippen LogP contribution in [0.3, 0.4) is 0 Å². The summed E-state index contributed by atoms with van der Waals surface area (Å²) >= 11 is 0. The first-order valence-electron chi connectivity index (χ1n) is 5.17. The Bertz CT molecular complexity index is 534. The van der Waals surface area contributed by atoms with Gasteiger partial charge in [0.15, 0.2) is 15.6 Å². The van der Waals surface area contributed by atoms with Crippen LogP contribution in [0.25, 0.3) is 0 Å². The minimum absolute atomic E-state index is 0.0394. The maximum atomic E-state index is 11.5. The highest BCUT2D eigenvalue weighted by Crippen LogP contribution is 2.16. The van der Waals surface area contributed by atoms with Gasteiger partial charge in [-0.05, 0) is 25.0 Å². The number of aryl methyl sites for hydroxylation is 2. The summed E-state index contributed by atoms with van der Waals surface area (Å²) in [5.41, 5.74) is 2.26. The third-order valence-electron chi connectivity index (χ3n) is 2.80. The second-order valence-corrected chi connectivity index (χ2v) is 6.34. The second-order valence-electron chi connectivity index (χ2n) is 4.04. The zero-order valence-electron chi connectivity index (χ0n) is 9.06. The average Bonchev–Trinajstić information content (AvgIpc) is 2.38. The van der Waals surface area contributed by atoms with E-state index in [2.05, 4.69) is 4.98 Å². The number of hydrogen-bond donors (Lipinski definition) is 0. The van der Waals surface area contributed by atoms with E-state index < -0.39 is 9.84 Å². The van der Waals surface area contributed by atoms with Gasteiger partial charge in [-0.25, -0.2) is 8.42 Å². The molecule has 0 fully saturated rings. The van der Waals surface area contributed by atoms with Crippen molar-refractivity contribution in [1.29, 1.82) is 0 Å². The average molecular weight is 239 g/mol. The predicted octanol–water partition coefficient (Wildman–Crippen LogP) is 0.798. The van der Waals surface area contributed by atoms with E-state index in [4.69, 9.17) is 0 Å². The Balaban J connectivity index is 2.39. The molecule has 0 aliphatic carbocycles. The normalized spacial score (nSPS) is 18.6. The van der Waals surface area contributed by atoms with Gasteiger partial charge in [0.2, 0.25) is 0 Å². The van der Waals surface area contributed by atoms with Gasteiger partial charge in [0.05, 0.1) is 11.5 Å². The molecule has 0 N–H and O–H groups in total. The van der Waals surface area contributed by atoms with Gasteiger partial charge >= 0.3 is 0 Å². The molecule has 86 valence electrons. The quantitative estimate of drug-likeness (QED) is 0.680. The lowest BCUT2D eigenvalue weighted by molar-refractivity contribution is 0.101. The number of fused-ring (bicyclic) bond motifs is 1. The zero-order chi connectivity index (χ0) is 11.8. The smallest absolute Gasteiger partial charge is 0.161 e. The Morgan fingerprint density at radius 3 is 2.69 bits per heavy atom. The summed E-state index contributed by atoms with van der Waals surface area (Å²) in [4.78, 5) is 15.4. The molecule has 1 aromatic heterocycles. The Hall–Kier alpha value is -1.23. The van der Waals surface area contributed by atoms with E-state index in [0.717, 1.165) is 11.3 Å². The molecule has 0 radical (unpaired) electrons. The molecule has 16 heavy (non-hydrogen) atoms. The van der Waals surface area contributed by atoms with Gasteiger partial charge in [0.1, 0.15) is 0 Å². The Kier molecular flexibility index (Phi) is 2.80. The van der Waals surface area contributed by atoms with Crippen molar-refractivity contribution in [3.8, 4) is 0 Å². The fourth-order valence-corrected chi connectivity index (χ4v) is 3.03. The van der Waals surface area contributed by atoms with Gasteiger partial charge in [-0.1, -0.05) is 0 Å². The van der Waals surface area contributed by atoms with Crippen molar-refractivity contribution >= 4 is 15.6 Å². The number of hydrogen-bond acceptors (Lipinski definition) is 4. The lowest BCUT2D eigenvalue weighted by Crippen LogP contribution is -2.10. The first kappa shape index (κ1) is 11.3. The van der Waals surface area contributed by atoms with E-state index in [0.29, 0.717) is 18.4 Å². The molecule has 0 amide bonds. The Labute approximate surface area is 94.6 Å². The summed E-state index contributed by atoms with van der Waals surface area (Å²) in [5.74, 6) is 0.275. The van der Waals surface area contributed by atoms with Crippen LogP contribution in [0.5, 0.6) is 0 Å². The monoisotopic (exact) mass is 239 g/mol. The van der Waals surface area contributed by atoms with Gasteiger partial charge in [-0.3, -0.25) is 9.78 Å². The topological polar surface area (TPSA) is 64.1 Å². The third-order valence-corrected chi connectivity index (χ3v) is 4.45. The summed E-state index contributed by atoms with van der Waals surface area (Å²) in [6.07, 6.45) is 2.45. The van der Waals surface area contributed by atoms with Crippen molar-refractivity contribution in [2.75, 3.05) is 11.5 Å². The van der Waals surface area contributed by atoms with Crippen LogP contribution >= 0.6 is 0 Å². The SMILES string of the molecule is CC(=O)c1cnc2c(c1)CCS(=O)(=O)CC2. The summed E-state index contributed by atoms with van der Waals surface area (Å²) in [6, 6.07) is 1.77. The van der Waals surface area contributed by atoms with Gasteiger partial charge in [0.25, 0.3) is 0 Å². The van der Waals surface area contributed by atoms with Gasteiger partial charge in [-0.15, -0.1) is 0 Å². The lowest BCUT2D eigenvalue weighted by Gasteiger charge is -2.04. The number of carbonyl (C=O) groups is 1. The minimum atomic E-state index is -2.94. The summed E-state index contributed by atoms with van der Waals surface area (Å²) < 4.78 is 22.9. The maximum absolute atomic E-state index is 11.5. The molecular weight excluding hydrogens is 226 g/mol. The third kappa shape index (κ3) is 2.29. The van der Waals surface area contributed by atoms with E-state index >= 15 is 0 Å². The van der Waals surface area contributed by atoms with Crippen LogP contribution < -0.4 is 0 Å². The van der Waals surface area contributed by atoms with Crippen LogP contribution in [-0.2, 0) is 22.7 Å². The molecule has 0 atom stereocenters. The van der Waals surface area contributed by atoms with Crippen LogP contribution in [0.1, 0.15) is 28.5 Å². The van der Waals surface area contributed by atoms with Crippen molar-refractivity contribution in [3.05, 3.63) is 29.1 Å². The largest absolute Gasteiger partial charge is 0.294 e. The van der Waals surface area contributed by atoms with Crippen LogP contribution in [-0.4, -0.2) is 30.7 Å². The van der Waals surface area contributed by atoms with Crippen LogP contribution in [0.15, 0.2) is 12.3 Å². The van der Waals surface area contributed by atoms with E-state index in [1.807, 2.05) is 0 Å². The Morgan fingerprint density at radius 2 is 2.00 bits per heavy atom. The Morgan fingerprint density at radius 1 is 1.31 bits per heavy atom. The van der Waals surface area contributed by atoms with E-state index in [-0.39, 0.29) is 17.3 Å². The van der Waals surface area contributed by atoms with E-state index in [9.17, 15) is 13.2 Å². The van der Waals surface area contributed by atoms with Crippen LogP contribution in [0, 0.1) is 0 Å². The maximum Gasteiger partial charge on any atom is 0.161 e. The molecule has 0 saturated heterocycles. The highest BCUT2D eigenvalue weighted by atomic mass is 32.2. The number of Topliss-reactive ketones (excluding diaryl/α,β-unsaturated/α-hetero) is 1. The molecule has 2 heterocycles. The highest BCUT2D eigenvalue weighted by Gasteiger charge is 2.19. The molecule has 1 aliphatic rings. The summed E-state index contributed by atoms with van der Waals surface area (Å²) in [7, 11) is -2.94. The van der Waals surface area contributed by atoms with E-state index in [1.54, 1.807) is 6.07 Å². The molecule has 1 aromatic rings. The number of ketones is 1.